The molecule has 1 aliphatic heterocycles. The highest BCUT2D eigenvalue weighted by Gasteiger charge is 2.64. The summed E-state index contributed by atoms with van der Waals surface area (Å²) in [6.45, 7) is 0.746. The van der Waals surface area contributed by atoms with Gasteiger partial charge in [0.1, 0.15) is 9.85 Å². The summed E-state index contributed by atoms with van der Waals surface area (Å²) in [6.07, 6.45) is 2.72. The number of piperidine rings is 1. The van der Waals surface area contributed by atoms with Crippen LogP contribution in [0.15, 0.2) is 34.9 Å². The monoisotopic (exact) mass is 347 g/mol. The van der Waals surface area contributed by atoms with Gasteiger partial charge >= 0.3 is 11.6 Å². The summed E-state index contributed by atoms with van der Waals surface area (Å²) in [5.74, 6) is -0.519. The van der Waals surface area contributed by atoms with E-state index in [0.717, 1.165) is 19.3 Å². The van der Waals surface area contributed by atoms with Crippen LogP contribution in [0, 0.1) is 20.2 Å². The fraction of sp³-hybridized carbons (Fsp3) is 0.467. The van der Waals surface area contributed by atoms with Crippen molar-refractivity contribution in [2.75, 3.05) is 19.6 Å². The normalized spacial score (nSPS) is 15.8. The Balaban J connectivity index is 1.98. The van der Waals surface area contributed by atoms with Crippen molar-refractivity contribution in [3.05, 3.63) is 56.5 Å². The molecule has 10 heteroatoms. The summed E-state index contributed by atoms with van der Waals surface area (Å²) in [4.78, 5) is 27.2. The van der Waals surface area contributed by atoms with Gasteiger partial charge in [0, 0.05) is 5.56 Å². The molecule has 0 amide bonds. The molecule has 2 aromatic rings. The molecule has 25 heavy (non-hydrogen) atoms. The summed E-state index contributed by atoms with van der Waals surface area (Å²) >= 11 is 0. The Hall–Kier alpha value is -2.88. The maximum absolute atomic E-state index is 11.7. The minimum atomic E-state index is -2.67. The second kappa shape index (κ2) is 6.93. The van der Waals surface area contributed by atoms with Crippen molar-refractivity contribution in [3.8, 4) is 11.4 Å². The van der Waals surface area contributed by atoms with Crippen LogP contribution in [-0.2, 0) is 5.66 Å². The van der Waals surface area contributed by atoms with E-state index in [4.69, 9.17) is 4.52 Å². The van der Waals surface area contributed by atoms with E-state index < -0.39 is 27.9 Å². The number of rotatable bonds is 6. The molecule has 0 spiro atoms. The molecular weight excluding hydrogens is 330 g/mol. The molecule has 0 N–H and O–H groups in total. The fourth-order valence-electron chi connectivity index (χ4n) is 2.93. The lowest BCUT2D eigenvalue weighted by Gasteiger charge is -2.27. The van der Waals surface area contributed by atoms with Gasteiger partial charge in [-0.1, -0.05) is 41.9 Å². The van der Waals surface area contributed by atoms with Gasteiger partial charge in [0.2, 0.25) is 5.82 Å². The van der Waals surface area contributed by atoms with Gasteiger partial charge in [-0.05, 0) is 25.9 Å². The van der Waals surface area contributed by atoms with Crippen LogP contribution in [0.2, 0.25) is 0 Å². The van der Waals surface area contributed by atoms with Crippen molar-refractivity contribution in [2.45, 2.75) is 24.9 Å². The molecular formula is C15H17N5O5. The van der Waals surface area contributed by atoms with Crippen molar-refractivity contribution in [1.29, 1.82) is 0 Å². The van der Waals surface area contributed by atoms with Crippen LogP contribution in [-0.4, -0.2) is 44.5 Å². The first-order chi connectivity index (χ1) is 12.0. The van der Waals surface area contributed by atoms with Gasteiger partial charge in [0.05, 0.1) is 0 Å². The Morgan fingerprint density at radius 1 is 1.08 bits per heavy atom. The summed E-state index contributed by atoms with van der Waals surface area (Å²) in [5.41, 5.74) is -2.10. The summed E-state index contributed by atoms with van der Waals surface area (Å²) < 4.78 is 4.98. The molecule has 0 unspecified atom stereocenters. The molecule has 0 radical (unpaired) electrons. The Morgan fingerprint density at radius 3 is 2.32 bits per heavy atom. The molecule has 0 aliphatic carbocycles. The van der Waals surface area contributed by atoms with Crippen molar-refractivity contribution < 1.29 is 14.4 Å². The molecule has 2 heterocycles. The topological polar surface area (TPSA) is 128 Å². The second-order valence-electron chi connectivity index (χ2n) is 5.96. The number of hydrogen-bond acceptors (Lipinski definition) is 8. The smallest absolute Gasteiger partial charge is 0.322 e. The van der Waals surface area contributed by atoms with E-state index in [1.54, 1.807) is 35.2 Å². The lowest BCUT2D eigenvalue weighted by Crippen LogP contribution is -2.53. The minimum absolute atomic E-state index is 0.0855. The van der Waals surface area contributed by atoms with Gasteiger partial charge in [-0.2, -0.15) is 4.98 Å². The van der Waals surface area contributed by atoms with E-state index in [1.165, 1.54) is 0 Å². The second-order valence-corrected chi connectivity index (χ2v) is 5.96. The van der Waals surface area contributed by atoms with E-state index in [2.05, 4.69) is 10.1 Å². The number of nitrogens with zero attached hydrogens (tertiary/aromatic N) is 5. The van der Waals surface area contributed by atoms with Crippen LogP contribution in [0.1, 0.15) is 25.2 Å². The highest BCUT2D eigenvalue weighted by atomic mass is 16.7. The number of nitro groups is 2. The number of likely N-dealkylation sites (tertiary alicyclic amines) is 1. The lowest BCUT2D eigenvalue weighted by atomic mass is 10.1. The van der Waals surface area contributed by atoms with Gasteiger partial charge in [0.25, 0.3) is 0 Å². The zero-order valence-corrected chi connectivity index (χ0v) is 13.4. The quantitative estimate of drug-likeness (QED) is 0.440. The van der Waals surface area contributed by atoms with Crippen LogP contribution in [0.3, 0.4) is 0 Å². The molecule has 1 saturated heterocycles. The van der Waals surface area contributed by atoms with Crippen molar-refractivity contribution in [2.24, 2.45) is 0 Å². The Bertz CT molecular complexity index is 743. The van der Waals surface area contributed by atoms with E-state index in [1.807, 2.05) is 0 Å². The fourth-order valence-corrected chi connectivity index (χ4v) is 2.93. The van der Waals surface area contributed by atoms with Gasteiger partial charge in [-0.3, -0.25) is 25.1 Å². The molecule has 0 bridgehead atoms. The zero-order chi connectivity index (χ0) is 17.9. The lowest BCUT2D eigenvalue weighted by molar-refractivity contribution is -0.813. The van der Waals surface area contributed by atoms with Crippen molar-refractivity contribution in [3.63, 3.8) is 0 Å². The highest BCUT2D eigenvalue weighted by molar-refractivity contribution is 5.53. The first kappa shape index (κ1) is 17.0. The Morgan fingerprint density at radius 2 is 1.72 bits per heavy atom. The van der Waals surface area contributed by atoms with E-state index >= 15 is 0 Å². The van der Waals surface area contributed by atoms with Gasteiger partial charge in [-0.15, -0.1) is 0 Å². The van der Waals surface area contributed by atoms with E-state index in [0.29, 0.717) is 18.7 Å². The number of aromatic nitrogens is 2. The zero-order valence-electron chi connectivity index (χ0n) is 13.4. The highest BCUT2D eigenvalue weighted by Crippen LogP contribution is 2.29. The largest absolute Gasteiger partial charge is 0.547 e. The van der Waals surface area contributed by atoms with E-state index in [9.17, 15) is 20.2 Å². The third-order valence-corrected chi connectivity index (χ3v) is 4.30. The maximum Gasteiger partial charge on any atom is 0.547 e. The SMILES string of the molecule is O=[N+]([O-])C(CN1CCCCC1)(c1nc(-c2ccccc2)no1)[N+](=O)[O-]. The summed E-state index contributed by atoms with van der Waals surface area (Å²) in [6, 6.07) is 8.67. The van der Waals surface area contributed by atoms with Crippen LogP contribution in [0.4, 0.5) is 0 Å². The Kier molecular flexibility index (Phi) is 4.70. The molecule has 1 fully saturated rings. The van der Waals surface area contributed by atoms with Crippen molar-refractivity contribution in [1.82, 2.24) is 15.0 Å². The van der Waals surface area contributed by atoms with Crippen molar-refractivity contribution >= 4 is 0 Å². The van der Waals surface area contributed by atoms with Crippen LogP contribution < -0.4 is 0 Å². The van der Waals surface area contributed by atoms with Gasteiger partial charge in [0.15, 0.2) is 6.54 Å². The standard InChI is InChI=1S/C15H17N5O5/c21-19(22)15(20(23)24,11-18-9-5-2-6-10-18)14-16-13(17-25-14)12-7-3-1-4-8-12/h1,3-4,7-8H,2,5-6,9-11H2. The molecule has 10 nitrogen and oxygen atoms in total. The van der Waals surface area contributed by atoms with E-state index in [-0.39, 0.29) is 5.82 Å². The molecule has 0 atom stereocenters. The van der Waals surface area contributed by atoms with Crippen LogP contribution in [0.25, 0.3) is 11.4 Å². The predicted molar refractivity (Wildman–Crippen MR) is 85.7 cm³/mol. The molecule has 1 aromatic carbocycles. The number of benzene rings is 1. The molecule has 1 aromatic heterocycles. The maximum atomic E-state index is 11.7. The molecule has 0 saturated carbocycles. The van der Waals surface area contributed by atoms with Crippen LogP contribution >= 0.6 is 0 Å². The summed E-state index contributed by atoms with van der Waals surface area (Å²) in [5, 5.41) is 27.1. The van der Waals surface area contributed by atoms with Crippen LogP contribution in [0.5, 0.6) is 0 Å². The first-order valence-electron chi connectivity index (χ1n) is 7.95. The first-order valence-corrected chi connectivity index (χ1v) is 7.95. The average molecular weight is 347 g/mol. The Labute approximate surface area is 142 Å². The predicted octanol–water partition coefficient (Wildman–Crippen LogP) is 1.93. The molecule has 132 valence electrons. The summed E-state index contributed by atoms with van der Waals surface area (Å²) in [7, 11) is 0. The third-order valence-electron chi connectivity index (χ3n) is 4.30. The van der Waals surface area contributed by atoms with Gasteiger partial charge < -0.3 is 4.52 Å². The number of hydrogen-bond donors (Lipinski definition) is 0. The molecule has 3 rings (SSSR count). The van der Waals surface area contributed by atoms with Gasteiger partial charge in [-0.25, -0.2) is 0 Å². The average Bonchev–Trinajstić information content (AvgIpc) is 3.11. The molecule has 1 aliphatic rings. The third kappa shape index (κ3) is 3.20. The minimum Gasteiger partial charge on any atom is -0.322 e.